The van der Waals surface area contributed by atoms with Gasteiger partial charge in [-0.2, -0.15) is 0 Å². The maximum atomic E-state index is 12.1. The molecule has 0 saturated carbocycles. The average molecular weight is 410 g/mol. The van der Waals surface area contributed by atoms with Gasteiger partial charge in [-0.1, -0.05) is 23.8 Å². The number of nitrogens with one attached hydrogen (secondary N) is 1. The van der Waals surface area contributed by atoms with E-state index >= 15 is 0 Å². The normalized spacial score (nSPS) is 10.2. The van der Waals surface area contributed by atoms with Gasteiger partial charge in [0.1, 0.15) is 5.75 Å². The zero-order chi connectivity index (χ0) is 15.1. The summed E-state index contributed by atoms with van der Waals surface area (Å²) in [5, 5.41) is 3.28. The molecular weight excluding hydrogens is 393 g/mol. The molecule has 6 heteroatoms. The minimum atomic E-state index is -0.237. The van der Waals surface area contributed by atoms with Crippen LogP contribution in [0, 0.1) is 3.57 Å². The number of hydrogen-bond acceptors (Lipinski definition) is 3. The Morgan fingerprint density at radius 3 is 2.80 bits per heavy atom. The Kier molecular flexibility index (Phi) is 7.32. The predicted molar refractivity (Wildman–Crippen MR) is 88.7 cm³/mol. The summed E-state index contributed by atoms with van der Waals surface area (Å²) in [4.78, 5) is 12.1. The minimum Gasteiger partial charge on any atom is -0.496 e. The van der Waals surface area contributed by atoms with Crippen molar-refractivity contribution in [2.45, 2.75) is 6.92 Å². The molecule has 1 aromatic carbocycles. The third-order valence-electron chi connectivity index (χ3n) is 2.37. The van der Waals surface area contributed by atoms with Crippen molar-refractivity contribution in [1.82, 2.24) is 5.32 Å². The molecule has 0 aliphatic heterocycles. The molecule has 110 valence electrons. The topological polar surface area (TPSA) is 47.6 Å². The number of hydrogen-bond donors (Lipinski definition) is 1. The summed E-state index contributed by atoms with van der Waals surface area (Å²) >= 11 is 8.12. The number of halogens is 2. The standard InChI is InChI=1S/C14H17ClINO3/c1-9(2)8-20-5-4-17-14(18)10-6-11(15)12(16)7-13(10)19-3/h6-7H,1,4-5,8H2,2-3H3,(H,17,18). The van der Waals surface area contributed by atoms with Gasteiger partial charge in [-0.05, 0) is 41.6 Å². The SMILES string of the molecule is C=C(C)COCCNC(=O)c1cc(Cl)c(I)cc1OC. The van der Waals surface area contributed by atoms with Crippen LogP contribution in [0.25, 0.3) is 0 Å². The fourth-order valence-corrected chi connectivity index (χ4v) is 2.06. The molecule has 0 saturated heterocycles. The molecule has 4 nitrogen and oxygen atoms in total. The second-order valence-corrected chi connectivity index (χ2v) is 5.80. The third kappa shape index (κ3) is 5.30. The van der Waals surface area contributed by atoms with Gasteiger partial charge in [-0.15, -0.1) is 0 Å². The monoisotopic (exact) mass is 409 g/mol. The van der Waals surface area contributed by atoms with Crippen LogP contribution in [-0.2, 0) is 4.74 Å². The average Bonchev–Trinajstić information content (AvgIpc) is 2.40. The van der Waals surface area contributed by atoms with Crippen LogP contribution in [0.2, 0.25) is 5.02 Å². The van der Waals surface area contributed by atoms with E-state index in [1.165, 1.54) is 7.11 Å². The van der Waals surface area contributed by atoms with E-state index in [2.05, 4.69) is 34.5 Å². The smallest absolute Gasteiger partial charge is 0.255 e. The van der Waals surface area contributed by atoms with E-state index in [0.29, 0.717) is 36.1 Å². The molecule has 0 atom stereocenters. The highest BCUT2D eigenvalue weighted by Crippen LogP contribution is 2.28. The Morgan fingerprint density at radius 1 is 1.50 bits per heavy atom. The Morgan fingerprint density at radius 2 is 2.20 bits per heavy atom. The summed E-state index contributed by atoms with van der Waals surface area (Å²) in [6.45, 7) is 6.96. The van der Waals surface area contributed by atoms with Gasteiger partial charge in [0.15, 0.2) is 0 Å². The Bertz CT molecular complexity index is 505. The van der Waals surface area contributed by atoms with Crippen LogP contribution in [0.5, 0.6) is 5.75 Å². The summed E-state index contributed by atoms with van der Waals surface area (Å²) in [5.74, 6) is 0.262. The van der Waals surface area contributed by atoms with Crippen LogP contribution in [0.3, 0.4) is 0 Å². The summed E-state index contributed by atoms with van der Waals surface area (Å²) in [7, 11) is 1.52. The Labute approximate surface area is 137 Å². The fraction of sp³-hybridized carbons (Fsp3) is 0.357. The van der Waals surface area contributed by atoms with Gasteiger partial charge in [0.25, 0.3) is 5.91 Å². The first kappa shape index (κ1) is 17.3. The molecule has 0 heterocycles. The van der Waals surface area contributed by atoms with Crippen molar-refractivity contribution in [1.29, 1.82) is 0 Å². The van der Waals surface area contributed by atoms with E-state index in [4.69, 9.17) is 21.1 Å². The van der Waals surface area contributed by atoms with Crippen molar-refractivity contribution in [3.63, 3.8) is 0 Å². The highest BCUT2D eigenvalue weighted by molar-refractivity contribution is 14.1. The first-order valence-electron chi connectivity index (χ1n) is 5.99. The Balaban J connectivity index is 2.59. The molecule has 0 radical (unpaired) electrons. The maximum Gasteiger partial charge on any atom is 0.255 e. The van der Waals surface area contributed by atoms with Crippen LogP contribution in [0.1, 0.15) is 17.3 Å². The predicted octanol–water partition coefficient (Wildman–Crippen LogP) is 3.28. The van der Waals surface area contributed by atoms with E-state index in [-0.39, 0.29) is 5.91 Å². The van der Waals surface area contributed by atoms with Gasteiger partial charge in [-0.25, -0.2) is 0 Å². The lowest BCUT2D eigenvalue weighted by molar-refractivity contribution is 0.0924. The van der Waals surface area contributed by atoms with Crippen LogP contribution in [-0.4, -0.2) is 32.8 Å². The fourth-order valence-electron chi connectivity index (χ4n) is 1.45. The molecule has 0 aliphatic rings. The summed E-state index contributed by atoms with van der Waals surface area (Å²) < 4.78 is 11.3. The van der Waals surface area contributed by atoms with Crippen molar-refractivity contribution in [3.8, 4) is 5.75 Å². The molecule has 0 bridgehead atoms. The second kappa shape index (κ2) is 8.49. The zero-order valence-electron chi connectivity index (χ0n) is 11.5. The van der Waals surface area contributed by atoms with Gasteiger partial charge in [0, 0.05) is 10.1 Å². The summed E-state index contributed by atoms with van der Waals surface area (Å²) in [6.07, 6.45) is 0. The van der Waals surface area contributed by atoms with E-state index in [9.17, 15) is 4.79 Å². The van der Waals surface area contributed by atoms with Gasteiger partial charge in [0.05, 0.1) is 30.9 Å². The van der Waals surface area contributed by atoms with E-state index in [0.717, 1.165) is 9.14 Å². The van der Waals surface area contributed by atoms with Gasteiger partial charge < -0.3 is 14.8 Å². The largest absolute Gasteiger partial charge is 0.496 e. The van der Waals surface area contributed by atoms with E-state index < -0.39 is 0 Å². The van der Waals surface area contributed by atoms with Crippen LogP contribution < -0.4 is 10.1 Å². The van der Waals surface area contributed by atoms with Crippen LogP contribution >= 0.6 is 34.2 Å². The Hall–Kier alpha value is -0.790. The number of rotatable bonds is 7. The molecule has 0 aromatic heterocycles. The maximum absolute atomic E-state index is 12.1. The number of amides is 1. The van der Waals surface area contributed by atoms with Crippen molar-refractivity contribution in [2.75, 3.05) is 26.9 Å². The molecule has 1 amide bonds. The van der Waals surface area contributed by atoms with Crippen LogP contribution in [0.4, 0.5) is 0 Å². The lowest BCUT2D eigenvalue weighted by Crippen LogP contribution is -2.27. The number of carbonyl (C=O) groups is 1. The van der Waals surface area contributed by atoms with Gasteiger partial charge in [-0.3, -0.25) is 4.79 Å². The van der Waals surface area contributed by atoms with Gasteiger partial charge in [0.2, 0.25) is 0 Å². The summed E-state index contributed by atoms with van der Waals surface area (Å²) in [5.41, 5.74) is 1.36. The first-order valence-corrected chi connectivity index (χ1v) is 7.44. The van der Waals surface area contributed by atoms with Crippen LogP contribution in [0.15, 0.2) is 24.3 Å². The molecule has 20 heavy (non-hydrogen) atoms. The number of methoxy groups -OCH3 is 1. The van der Waals surface area contributed by atoms with Gasteiger partial charge >= 0.3 is 0 Å². The second-order valence-electron chi connectivity index (χ2n) is 4.23. The highest BCUT2D eigenvalue weighted by atomic mass is 127. The summed E-state index contributed by atoms with van der Waals surface area (Å²) in [6, 6.07) is 3.33. The number of ether oxygens (including phenoxy) is 2. The van der Waals surface area contributed by atoms with Crippen molar-refractivity contribution < 1.29 is 14.3 Å². The van der Waals surface area contributed by atoms with Crippen molar-refractivity contribution >= 4 is 40.1 Å². The quantitative estimate of drug-likeness (QED) is 0.427. The third-order valence-corrected chi connectivity index (χ3v) is 3.89. The number of carbonyl (C=O) groups excluding carboxylic acids is 1. The van der Waals surface area contributed by atoms with E-state index in [1.807, 2.05) is 6.92 Å². The minimum absolute atomic E-state index is 0.237. The molecule has 0 fully saturated rings. The molecule has 1 N–H and O–H groups in total. The number of benzene rings is 1. The zero-order valence-corrected chi connectivity index (χ0v) is 14.4. The lowest BCUT2D eigenvalue weighted by atomic mass is 10.2. The molecule has 0 aliphatic carbocycles. The van der Waals surface area contributed by atoms with E-state index in [1.54, 1.807) is 12.1 Å². The molecule has 1 rings (SSSR count). The van der Waals surface area contributed by atoms with Crippen molar-refractivity contribution in [2.24, 2.45) is 0 Å². The molecule has 0 unspecified atom stereocenters. The van der Waals surface area contributed by atoms with Crippen molar-refractivity contribution in [3.05, 3.63) is 38.4 Å². The highest BCUT2D eigenvalue weighted by Gasteiger charge is 2.14. The molecular formula is C14H17ClINO3. The molecule has 1 aromatic rings. The lowest BCUT2D eigenvalue weighted by Gasteiger charge is -2.11. The first-order chi connectivity index (χ1) is 9.45. The molecule has 0 spiro atoms.